The summed E-state index contributed by atoms with van der Waals surface area (Å²) in [5.74, 6) is -0.185. The van der Waals surface area contributed by atoms with Gasteiger partial charge in [0.25, 0.3) is 0 Å². The van der Waals surface area contributed by atoms with Gasteiger partial charge in [0, 0.05) is 6.08 Å². The van der Waals surface area contributed by atoms with Gasteiger partial charge < -0.3 is 4.74 Å². The molecule has 0 aromatic rings. The molecule has 0 heterocycles. The van der Waals surface area contributed by atoms with Crippen LogP contribution in [0.1, 0.15) is 40.0 Å². The van der Waals surface area contributed by atoms with E-state index in [4.69, 9.17) is 4.74 Å². The number of rotatable bonds is 2. The van der Waals surface area contributed by atoms with E-state index in [2.05, 4.69) is 13.8 Å². The van der Waals surface area contributed by atoms with Gasteiger partial charge in [-0.2, -0.15) is 0 Å². The number of ether oxygens (including phenoxy) is 1. The molecule has 1 saturated carbocycles. The van der Waals surface area contributed by atoms with Crippen LogP contribution in [0.5, 0.6) is 0 Å². The highest BCUT2D eigenvalue weighted by molar-refractivity contribution is 5.82. The highest BCUT2D eigenvalue weighted by Crippen LogP contribution is 2.40. The third-order valence-corrected chi connectivity index (χ3v) is 2.44. The Morgan fingerprint density at radius 3 is 2.77 bits per heavy atom. The minimum absolute atomic E-state index is 0.185. The lowest BCUT2D eigenvalue weighted by atomic mass is 9.92. The van der Waals surface area contributed by atoms with E-state index in [1.165, 1.54) is 12.0 Å². The van der Waals surface area contributed by atoms with Crippen molar-refractivity contribution in [1.82, 2.24) is 0 Å². The zero-order chi connectivity index (χ0) is 9.90. The van der Waals surface area contributed by atoms with Crippen LogP contribution in [0.25, 0.3) is 0 Å². The third-order valence-electron chi connectivity index (χ3n) is 2.44. The lowest BCUT2D eigenvalue weighted by Gasteiger charge is -2.14. The van der Waals surface area contributed by atoms with Crippen molar-refractivity contribution in [3.05, 3.63) is 11.6 Å². The fraction of sp³-hybridized carbons (Fsp3) is 0.727. The smallest absolute Gasteiger partial charge is 0.330 e. The first-order valence-electron chi connectivity index (χ1n) is 4.90. The van der Waals surface area contributed by atoms with Gasteiger partial charge in [0.2, 0.25) is 0 Å². The molecule has 1 fully saturated rings. The van der Waals surface area contributed by atoms with Crippen molar-refractivity contribution < 1.29 is 9.53 Å². The number of allylic oxidation sites excluding steroid dienone is 1. The van der Waals surface area contributed by atoms with Crippen LogP contribution in [0.2, 0.25) is 0 Å². The Morgan fingerprint density at radius 2 is 2.31 bits per heavy atom. The minimum atomic E-state index is -0.185. The molecular weight excluding hydrogens is 164 g/mol. The normalized spacial score (nSPS) is 23.5. The fourth-order valence-corrected chi connectivity index (χ4v) is 1.76. The monoisotopic (exact) mass is 182 g/mol. The Morgan fingerprint density at radius 1 is 1.62 bits per heavy atom. The topological polar surface area (TPSA) is 26.3 Å². The number of carbonyl (C=O) groups excluding carboxylic acids is 1. The van der Waals surface area contributed by atoms with E-state index in [9.17, 15) is 4.79 Å². The maximum Gasteiger partial charge on any atom is 0.330 e. The minimum Gasteiger partial charge on any atom is -0.463 e. The molecule has 0 amide bonds. The molecule has 0 aromatic carbocycles. The molecule has 0 spiro atoms. The van der Waals surface area contributed by atoms with E-state index in [1.54, 1.807) is 6.08 Å². The zero-order valence-electron chi connectivity index (χ0n) is 8.72. The van der Waals surface area contributed by atoms with Gasteiger partial charge >= 0.3 is 5.97 Å². The second-order valence-electron chi connectivity index (χ2n) is 4.40. The Kier molecular flexibility index (Phi) is 3.12. The predicted octanol–water partition coefficient (Wildman–Crippen LogP) is 2.69. The summed E-state index contributed by atoms with van der Waals surface area (Å²) in [6.45, 7) is 6.76. The first kappa shape index (κ1) is 10.3. The maximum atomic E-state index is 11.1. The molecule has 0 aliphatic heterocycles. The Balaban J connectivity index is 2.50. The predicted molar refractivity (Wildman–Crippen MR) is 52.3 cm³/mol. The summed E-state index contributed by atoms with van der Waals surface area (Å²) in [6, 6.07) is 0. The van der Waals surface area contributed by atoms with Crippen molar-refractivity contribution in [2.24, 2.45) is 5.41 Å². The molecule has 0 aromatic heterocycles. The second kappa shape index (κ2) is 3.95. The van der Waals surface area contributed by atoms with E-state index >= 15 is 0 Å². The van der Waals surface area contributed by atoms with Crippen LogP contribution in [0.3, 0.4) is 0 Å². The molecule has 0 bridgehead atoms. The zero-order valence-corrected chi connectivity index (χ0v) is 8.72. The summed E-state index contributed by atoms with van der Waals surface area (Å²) in [6.07, 6.45) is 4.92. The summed E-state index contributed by atoms with van der Waals surface area (Å²) in [5.41, 5.74) is 1.61. The van der Waals surface area contributed by atoms with Crippen LogP contribution in [-0.2, 0) is 9.53 Å². The molecule has 0 N–H and O–H groups in total. The van der Waals surface area contributed by atoms with Crippen molar-refractivity contribution >= 4 is 5.97 Å². The van der Waals surface area contributed by atoms with E-state index in [0.717, 1.165) is 12.8 Å². The van der Waals surface area contributed by atoms with Crippen LogP contribution < -0.4 is 0 Å². The van der Waals surface area contributed by atoms with Crippen LogP contribution in [0.15, 0.2) is 11.6 Å². The molecule has 0 atom stereocenters. The first-order valence-corrected chi connectivity index (χ1v) is 4.90. The summed E-state index contributed by atoms with van der Waals surface area (Å²) < 4.78 is 4.86. The molecule has 1 aliphatic rings. The van der Waals surface area contributed by atoms with Gasteiger partial charge in [0.1, 0.15) is 0 Å². The van der Waals surface area contributed by atoms with E-state index < -0.39 is 0 Å². The first-order chi connectivity index (χ1) is 6.03. The van der Waals surface area contributed by atoms with Gasteiger partial charge in [-0.1, -0.05) is 19.4 Å². The molecule has 1 aliphatic carbocycles. The molecule has 0 unspecified atom stereocenters. The number of hydrogen-bond acceptors (Lipinski definition) is 2. The SMILES string of the molecule is CCOC(=O)/C=C1/CCC(C)(C)C1. The van der Waals surface area contributed by atoms with Gasteiger partial charge in [-0.25, -0.2) is 4.79 Å². The van der Waals surface area contributed by atoms with E-state index in [-0.39, 0.29) is 5.97 Å². The van der Waals surface area contributed by atoms with Crippen LogP contribution >= 0.6 is 0 Å². The molecule has 2 heteroatoms. The highest BCUT2D eigenvalue weighted by atomic mass is 16.5. The quantitative estimate of drug-likeness (QED) is 0.485. The van der Waals surface area contributed by atoms with Crippen molar-refractivity contribution in [2.75, 3.05) is 6.61 Å². The molecule has 0 saturated heterocycles. The third kappa shape index (κ3) is 3.21. The average Bonchev–Trinajstić information content (AvgIpc) is 2.30. The molecule has 13 heavy (non-hydrogen) atoms. The van der Waals surface area contributed by atoms with Gasteiger partial charge in [-0.3, -0.25) is 0 Å². The van der Waals surface area contributed by atoms with Gasteiger partial charge in [0.15, 0.2) is 0 Å². The number of carbonyl (C=O) groups is 1. The fourth-order valence-electron chi connectivity index (χ4n) is 1.76. The van der Waals surface area contributed by atoms with Crippen LogP contribution in [0, 0.1) is 5.41 Å². The lowest BCUT2D eigenvalue weighted by molar-refractivity contribution is -0.137. The van der Waals surface area contributed by atoms with Crippen molar-refractivity contribution in [3.63, 3.8) is 0 Å². The number of hydrogen-bond donors (Lipinski definition) is 0. The molecule has 74 valence electrons. The molecule has 2 nitrogen and oxygen atoms in total. The second-order valence-corrected chi connectivity index (χ2v) is 4.40. The van der Waals surface area contributed by atoms with Gasteiger partial charge in [0.05, 0.1) is 6.61 Å². The van der Waals surface area contributed by atoms with Crippen molar-refractivity contribution in [3.8, 4) is 0 Å². The molecule has 0 radical (unpaired) electrons. The van der Waals surface area contributed by atoms with Gasteiger partial charge in [-0.05, 0) is 31.6 Å². The Bertz CT molecular complexity index is 226. The Hall–Kier alpha value is -0.790. The number of esters is 1. The van der Waals surface area contributed by atoms with Crippen LogP contribution in [-0.4, -0.2) is 12.6 Å². The Labute approximate surface area is 80.0 Å². The van der Waals surface area contributed by atoms with Crippen molar-refractivity contribution in [1.29, 1.82) is 0 Å². The molecule has 1 rings (SSSR count). The highest BCUT2D eigenvalue weighted by Gasteiger charge is 2.26. The summed E-state index contributed by atoms with van der Waals surface area (Å²) in [7, 11) is 0. The summed E-state index contributed by atoms with van der Waals surface area (Å²) >= 11 is 0. The summed E-state index contributed by atoms with van der Waals surface area (Å²) in [5, 5.41) is 0. The summed E-state index contributed by atoms with van der Waals surface area (Å²) in [4.78, 5) is 11.1. The van der Waals surface area contributed by atoms with Crippen molar-refractivity contribution in [2.45, 2.75) is 40.0 Å². The van der Waals surface area contributed by atoms with E-state index in [1.807, 2.05) is 6.92 Å². The standard InChI is InChI=1S/C11H18O2/c1-4-13-10(12)7-9-5-6-11(2,3)8-9/h7H,4-6,8H2,1-3H3/b9-7-. The van der Waals surface area contributed by atoms with E-state index in [0.29, 0.717) is 12.0 Å². The lowest BCUT2D eigenvalue weighted by Crippen LogP contribution is -2.03. The average molecular weight is 182 g/mol. The maximum absolute atomic E-state index is 11.1. The molecular formula is C11H18O2. The van der Waals surface area contributed by atoms with Gasteiger partial charge in [-0.15, -0.1) is 0 Å². The largest absolute Gasteiger partial charge is 0.463 e. The van der Waals surface area contributed by atoms with Crippen LogP contribution in [0.4, 0.5) is 0 Å².